The normalized spacial score (nSPS) is 11.4. The molecule has 0 spiro atoms. The van der Waals surface area contributed by atoms with Gasteiger partial charge in [-0.3, -0.25) is 9.59 Å². The third kappa shape index (κ3) is 5.41. The zero-order valence-electron chi connectivity index (χ0n) is 12.6. The minimum Gasteiger partial charge on any atom is -0.481 e. The van der Waals surface area contributed by atoms with Crippen molar-refractivity contribution in [2.24, 2.45) is 0 Å². The Hall–Kier alpha value is -2.34. The SMILES string of the molecule is C[C@@H](Oc1ccccc1)C(=O)NCC(=O)Nc1ccccc1Br. The van der Waals surface area contributed by atoms with Crippen molar-refractivity contribution in [1.29, 1.82) is 0 Å². The predicted octanol–water partition coefficient (Wildman–Crippen LogP) is 2.97. The van der Waals surface area contributed by atoms with Crippen molar-refractivity contribution in [2.75, 3.05) is 11.9 Å². The van der Waals surface area contributed by atoms with E-state index in [0.717, 1.165) is 4.47 Å². The molecule has 2 rings (SSSR count). The highest BCUT2D eigenvalue weighted by atomic mass is 79.9. The molecule has 0 fully saturated rings. The molecule has 6 heteroatoms. The molecule has 2 aromatic carbocycles. The molecule has 0 bridgehead atoms. The number of halogens is 1. The van der Waals surface area contributed by atoms with Gasteiger partial charge in [0.05, 0.1) is 12.2 Å². The number of rotatable bonds is 6. The summed E-state index contributed by atoms with van der Waals surface area (Å²) in [5.74, 6) is -0.0545. The van der Waals surface area contributed by atoms with Crippen molar-refractivity contribution in [3.05, 3.63) is 59.1 Å². The third-order valence-corrected chi connectivity index (χ3v) is 3.69. The van der Waals surface area contributed by atoms with Gasteiger partial charge in [-0.25, -0.2) is 0 Å². The first-order valence-electron chi connectivity index (χ1n) is 7.10. The van der Waals surface area contributed by atoms with Gasteiger partial charge in [-0.1, -0.05) is 30.3 Å². The zero-order valence-corrected chi connectivity index (χ0v) is 14.2. The summed E-state index contributed by atoms with van der Waals surface area (Å²) in [5.41, 5.74) is 0.653. The van der Waals surface area contributed by atoms with Gasteiger partial charge in [0.15, 0.2) is 6.10 Å². The smallest absolute Gasteiger partial charge is 0.261 e. The van der Waals surface area contributed by atoms with Crippen LogP contribution in [-0.4, -0.2) is 24.5 Å². The van der Waals surface area contributed by atoms with E-state index in [1.54, 1.807) is 25.1 Å². The maximum absolute atomic E-state index is 11.9. The van der Waals surface area contributed by atoms with Gasteiger partial charge in [-0.15, -0.1) is 0 Å². The van der Waals surface area contributed by atoms with Crippen LogP contribution in [-0.2, 0) is 9.59 Å². The van der Waals surface area contributed by atoms with Crippen LogP contribution in [0.4, 0.5) is 5.69 Å². The number of carbonyl (C=O) groups excluding carboxylic acids is 2. The summed E-state index contributed by atoms with van der Waals surface area (Å²) in [6.45, 7) is 1.51. The largest absolute Gasteiger partial charge is 0.481 e. The van der Waals surface area contributed by atoms with Crippen LogP contribution in [0.5, 0.6) is 5.75 Å². The van der Waals surface area contributed by atoms with Crippen LogP contribution in [0, 0.1) is 0 Å². The van der Waals surface area contributed by atoms with Crippen LogP contribution in [0.2, 0.25) is 0 Å². The fourth-order valence-electron chi connectivity index (χ4n) is 1.82. The average molecular weight is 377 g/mol. The molecule has 0 aliphatic rings. The number of hydrogen-bond donors (Lipinski definition) is 2. The van der Waals surface area contributed by atoms with E-state index in [4.69, 9.17) is 4.74 Å². The van der Waals surface area contributed by atoms with E-state index in [2.05, 4.69) is 26.6 Å². The van der Waals surface area contributed by atoms with Crippen molar-refractivity contribution in [1.82, 2.24) is 5.32 Å². The fourth-order valence-corrected chi connectivity index (χ4v) is 2.21. The number of carbonyl (C=O) groups is 2. The van der Waals surface area contributed by atoms with Gasteiger partial charge in [-0.05, 0) is 47.1 Å². The summed E-state index contributed by atoms with van der Waals surface area (Å²) in [5, 5.41) is 5.26. The average Bonchev–Trinajstić information content (AvgIpc) is 2.55. The molecule has 5 nitrogen and oxygen atoms in total. The lowest BCUT2D eigenvalue weighted by Crippen LogP contribution is -2.40. The molecule has 0 saturated heterocycles. The second kappa shape index (κ2) is 8.33. The molecule has 0 aliphatic heterocycles. The van der Waals surface area contributed by atoms with Crippen LogP contribution in [0.3, 0.4) is 0 Å². The summed E-state index contributed by atoms with van der Waals surface area (Å²) in [7, 11) is 0. The Morgan fingerprint density at radius 1 is 1.09 bits per heavy atom. The quantitative estimate of drug-likeness (QED) is 0.814. The first kappa shape index (κ1) is 17.0. The minimum absolute atomic E-state index is 0.122. The molecule has 0 aliphatic carbocycles. The molecule has 1 atom stereocenters. The fraction of sp³-hybridized carbons (Fsp3) is 0.176. The van der Waals surface area contributed by atoms with Crippen LogP contribution >= 0.6 is 15.9 Å². The summed E-state index contributed by atoms with van der Waals surface area (Å²) in [6.07, 6.45) is -0.686. The van der Waals surface area contributed by atoms with Crippen molar-refractivity contribution >= 4 is 33.4 Å². The Labute approximate surface area is 143 Å². The Bertz CT molecular complexity index is 677. The lowest BCUT2D eigenvalue weighted by Gasteiger charge is -2.14. The van der Waals surface area contributed by atoms with Crippen LogP contribution in [0.15, 0.2) is 59.1 Å². The van der Waals surface area contributed by atoms with Gasteiger partial charge < -0.3 is 15.4 Å². The Morgan fingerprint density at radius 2 is 1.74 bits per heavy atom. The maximum atomic E-state index is 11.9. The number of benzene rings is 2. The van der Waals surface area contributed by atoms with E-state index in [1.165, 1.54) is 0 Å². The summed E-state index contributed by atoms with van der Waals surface area (Å²) >= 11 is 3.34. The van der Waals surface area contributed by atoms with E-state index in [-0.39, 0.29) is 18.4 Å². The van der Waals surface area contributed by atoms with E-state index < -0.39 is 6.10 Å². The molecule has 120 valence electrons. The first-order valence-corrected chi connectivity index (χ1v) is 7.89. The second-order valence-electron chi connectivity index (χ2n) is 4.82. The van der Waals surface area contributed by atoms with Gasteiger partial charge in [-0.2, -0.15) is 0 Å². The van der Waals surface area contributed by atoms with Crippen molar-refractivity contribution < 1.29 is 14.3 Å². The summed E-state index contributed by atoms with van der Waals surface area (Å²) in [4.78, 5) is 23.8. The van der Waals surface area contributed by atoms with Crippen molar-refractivity contribution in [3.63, 3.8) is 0 Å². The molecule has 2 aromatic rings. The van der Waals surface area contributed by atoms with Crippen LogP contribution < -0.4 is 15.4 Å². The molecule has 0 unspecified atom stereocenters. The molecule has 2 N–H and O–H groups in total. The number of para-hydroxylation sites is 2. The maximum Gasteiger partial charge on any atom is 0.261 e. The molecule has 0 heterocycles. The Morgan fingerprint density at radius 3 is 2.43 bits per heavy atom. The van der Waals surface area contributed by atoms with E-state index in [1.807, 2.05) is 36.4 Å². The number of amides is 2. The number of hydrogen-bond acceptors (Lipinski definition) is 3. The van der Waals surface area contributed by atoms with Gasteiger partial charge in [0.25, 0.3) is 5.91 Å². The monoisotopic (exact) mass is 376 g/mol. The van der Waals surface area contributed by atoms with Crippen LogP contribution in [0.25, 0.3) is 0 Å². The van der Waals surface area contributed by atoms with Gasteiger partial charge in [0, 0.05) is 4.47 Å². The second-order valence-corrected chi connectivity index (χ2v) is 5.67. The van der Waals surface area contributed by atoms with E-state index in [0.29, 0.717) is 11.4 Å². The molecule has 0 aromatic heterocycles. The number of anilines is 1. The van der Waals surface area contributed by atoms with Gasteiger partial charge in [0.1, 0.15) is 5.75 Å². The number of ether oxygens (including phenoxy) is 1. The topological polar surface area (TPSA) is 67.4 Å². The highest BCUT2D eigenvalue weighted by molar-refractivity contribution is 9.10. The number of nitrogens with one attached hydrogen (secondary N) is 2. The van der Waals surface area contributed by atoms with Crippen LogP contribution in [0.1, 0.15) is 6.92 Å². The zero-order chi connectivity index (χ0) is 16.7. The first-order chi connectivity index (χ1) is 11.1. The molecule has 2 amide bonds. The molecular formula is C17H17BrN2O3. The minimum atomic E-state index is -0.686. The van der Waals surface area contributed by atoms with Crippen molar-refractivity contribution in [3.8, 4) is 5.75 Å². The lowest BCUT2D eigenvalue weighted by atomic mass is 10.3. The van der Waals surface area contributed by atoms with Crippen molar-refractivity contribution in [2.45, 2.75) is 13.0 Å². The Balaban J connectivity index is 1.79. The lowest BCUT2D eigenvalue weighted by molar-refractivity contribution is -0.129. The summed E-state index contributed by atoms with van der Waals surface area (Å²) in [6, 6.07) is 16.3. The van der Waals surface area contributed by atoms with Gasteiger partial charge in [0.2, 0.25) is 5.91 Å². The standard InChI is InChI=1S/C17H17BrN2O3/c1-12(23-13-7-3-2-4-8-13)17(22)19-11-16(21)20-15-10-6-5-9-14(15)18/h2-10,12H,11H2,1H3,(H,19,22)(H,20,21)/t12-/m1/s1. The Kier molecular flexibility index (Phi) is 6.17. The predicted molar refractivity (Wildman–Crippen MR) is 92.3 cm³/mol. The molecule has 0 radical (unpaired) electrons. The van der Waals surface area contributed by atoms with E-state index in [9.17, 15) is 9.59 Å². The highest BCUT2D eigenvalue weighted by Gasteiger charge is 2.15. The third-order valence-electron chi connectivity index (χ3n) is 3.00. The molecule has 23 heavy (non-hydrogen) atoms. The van der Waals surface area contributed by atoms with Gasteiger partial charge >= 0.3 is 0 Å². The molecule has 0 saturated carbocycles. The summed E-state index contributed by atoms with van der Waals surface area (Å²) < 4.78 is 6.27. The molecular weight excluding hydrogens is 360 g/mol. The van der Waals surface area contributed by atoms with E-state index >= 15 is 0 Å². The highest BCUT2D eigenvalue weighted by Crippen LogP contribution is 2.20.